The van der Waals surface area contributed by atoms with Gasteiger partial charge in [0.1, 0.15) is 5.01 Å². The number of hydrogen-bond donors (Lipinski definition) is 1. The zero-order valence-corrected chi connectivity index (χ0v) is 15.3. The van der Waals surface area contributed by atoms with Crippen LogP contribution in [0.3, 0.4) is 0 Å². The normalized spacial score (nSPS) is 15.0. The van der Waals surface area contributed by atoms with Crippen LogP contribution in [0.25, 0.3) is 4.96 Å². The maximum Gasteiger partial charge on any atom is 0.234 e. The summed E-state index contributed by atoms with van der Waals surface area (Å²) in [6.07, 6.45) is 3.37. The Morgan fingerprint density at radius 3 is 2.72 bits per heavy atom. The first kappa shape index (κ1) is 16.6. The Hall–Kier alpha value is -1.84. The van der Waals surface area contributed by atoms with Gasteiger partial charge in [-0.25, -0.2) is 13.1 Å². The minimum absolute atomic E-state index is 0.0912. The predicted octanol–water partition coefficient (Wildman–Crippen LogP) is 1.77. The number of fused-ring (bicyclic) bond motifs is 1. The molecule has 2 heterocycles. The molecule has 0 aliphatic heterocycles. The molecule has 9 heteroatoms. The lowest BCUT2D eigenvalue weighted by Crippen LogP contribution is -2.29. The fourth-order valence-corrected chi connectivity index (χ4v) is 4.55. The minimum Gasteiger partial charge on any atom is -0.215 e. The number of nitrogens with one attached hydrogen (secondary N) is 1. The Morgan fingerprint density at radius 2 is 1.96 bits per heavy atom. The molecule has 132 valence electrons. The largest absolute Gasteiger partial charge is 0.234 e. The zero-order chi connectivity index (χ0) is 17.3. The zero-order valence-electron chi connectivity index (χ0n) is 13.6. The summed E-state index contributed by atoms with van der Waals surface area (Å²) in [6.45, 7) is 0.347. The highest BCUT2D eigenvalue weighted by Gasteiger charge is 2.30. The first-order valence-corrected chi connectivity index (χ1v) is 10.8. The summed E-state index contributed by atoms with van der Waals surface area (Å²) in [5.41, 5.74) is 1.02. The van der Waals surface area contributed by atoms with Gasteiger partial charge in [0, 0.05) is 18.9 Å². The van der Waals surface area contributed by atoms with Gasteiger partial charge in [-0.05, 0) is 24.8 Å². The topological polar surface area (TPSA) is 89.2 Å². The third-order valence-electron chi connectivity index (χ3n) is 4.16. The van der Waals surface area contributed by atoms with Crippen LogP contribution < -0.4 is 4.72 Å². The van der Waals surface area contributed by atoms with Crippen molar-refractivity contribution >= 4 is 26.3 Å². The molecule has 0 saturated heterocycles. The minimum atomic E-state index is -3.29. The number of benzene rings is 1. The first-order valence-electron chi connectivity index (χ1n) is 8.33. The van der Waals surface area contributed by atoms with E-state index in [2.05, 4.69) is 20.0 Å². The van der Waals surface area contributed by atoms with Gasteiger partial charge in [0.2, 0.25) is 15.0 Å². The molecule has 0 atom stereocenters. The molecule has 25 heavy (non-hydrogen) atoms. The summed E-state index contributed by atoms with van der Waals surface area (Å²) in [5, 5.41) is 13.7. The molecule has 7 nitrogen and oxygen atoms in total. The van der Waals surface area contributed by atoms with E-state index in [1.165, 1.54) is 11.3 Å². The molecule has 1 aliphatic rings. The summed E-state index contributed by atoms with van der Waals surface area (Å²) in [6, 6.07) is 9.63. The summed E-state index contributed by atoms with van der Waals surface area (Å²) >= 11 is 1.47. The molecule has 0 radical (unpaired) electrons. The highest BCUT2D eigenvalue weighted by Crippen LogP contribution is 2.39. The van der Waals surface area contributed by atoms with E-state index in [9.17, 15) is 8.42 Å². The lowest BCUT2D eigenvalue weighted by Gasteiger charge is -2.05. The van der Waals surface area contributed by atoms with Crippen LogP contribution in [0.2, 0.25) is 0 Å². The van der Waals surface area contributed by atoms with Crippen molar-refractivity contribution < 1.29 is 8.42 Å². The van der Waals surface area contributed by atoms with Crippen LogP contribution in [-0.4, -0.2) is 40.5 Å². The van der Waals surface area contributed by atoms with E-state index in [0.717, 1.165) is 34.2 Å². The highest BCUT2D eigenvalue weighted by atomic mass is 32.2. The average Bonchev–Trinajstić information content (AvgIpc) is 3.24. The van der Waals surface area contributed by atoms with Crippen LogP contribution in [0.5, 0.6) is 0 Å². The summed E-state index contributed by atoms with van der Waals surface area (Å²) in [4.78, 5) is 0.781. The molecule has 0 bridgehead atoms. The van der Waals surface area contributed by atoms with Gasteiger partial charge >= 0.3 is 0 Å². The number of sulfonamides is 1. The highest BCUT2D eigenvalue weighted by molar-refractivity contribution is 7.89. The van der Waals surface area contributed by atoms with E-state index >= 15 is 0 Å². The van der Waals surface area contributed by atoms with Crippen molar-refractivity contribution in [3.63, 3.8) is 0 Å². The van der Waals surface area contributed by atoms with Gasteiger partial charge < -0.3 is 0 Å². The van der Waals surface area contributed by atoms with E-state index in [1.807, 2.05) is 34.8 Å². The number of aryl methyl sites for hydroxylation is 1. The third kappa shape index (κ3) is 4.05. The Labute approximate surface area is 150 Å². The quantitative estimate of drug-likeness (QED) is 0.646. The van der Waals surface area contributed by atoms with Crippen molar-refractivity contribution in [2.75, 3.05) is 12.3 Å². The van der Waals surface area contributed by atoms with Crippen LogP contribution in [0.1, 0.15) is 35.2 Å². The molecule has 0 amide bonds. The van der Waals surface area contributed by atoms with E-state index in [0.29, 0.717) is 25.3 Å². The Bertz CT molecular complexity index is 961. The van der Waals surface area contributed by atoms with E-state index < -0.39 is 10.0 Å². The smallest absolute Gasteiger partial charge is 0.215 e. The SMILES string of the molecule is O=S(=O)(CCc1ccccc1)NCCc1nn2c(C3CC3)nnc2s1. The maximum absolute atomic E-state index is 12.1. The molecule has 1 aliphatic carbocycles. The van der Waals surface area contributed by atoms with Crippen LogP contribution >= 0.6 is 11.3 Å². The lowest BCUT2D eigenvalue weighted by molar-refractivity contribution is 0.580. The van der Waals surface area contributed by atoms with Gasteiger partial charge in [0.25, 0.3) is 0 Å². The standard InChI is InChI=1S/C16H19N5O2S2/c22-25(23,11-9-12-4-2-1-3-5-12)17-10-8-14-20-21-15(13-6-7-13)18-19-16(21)24-14/h1-5,13,17H,6-11H2. The van der Waals surface area contributed by atoms with E-state index in [-0.39, 0.29) is 5.75 Å². The summed E-state index contributed by atoms with van der Waals surface area (Å²) in [5.74, 6) is 1.51. The molecular formula is C16H19N5O2S2. The number of nitrogens with zero attached hydrogens (tertiary/aromatic N) is 4. The van der Waals surface area contributed by atoms with Crippen LogP contribution in [0, 0.1) is 0 Å². The third-order valence-corrected chi connectivity index (χ3v) is 6.51. The van der Waals surface area contributed by atoms with Crippen molar-refractivity contribution in [3.8, 4) is 0 Å². The first-order chi connectivity index (χ1) is 12.1. The van der Waals surface area contributed by atoms with Crippen LogP contribution in [-0.2, 0) is 22.9 Å². The molecule has 1 fully saturated rings. The van der Waals surface area contributed by atoms with Crippen molar-refractivity contribution in [2.24, 2.45) is 0 Å². The lowest BCUT2D eigenvalue weighted by atomic mass is 10.2. The number of aromatic nitrogens is 4. The Kier molecular flexibility index (Phi) is 4.53. The average molecular weight is 377 g/mol. The number of hydrogen-bond acceptors (Lipinski definition) is 6. The summed E-state index contributed by atoms with van der Waals surface area (Å²) < 4.78 is 28.7. The monoisotopic (exact) mass is 377 g/mol. The molecule has 2 aromatic heterocycles. The van der Waals surface area contributed by atoms with Crippen LogP contribution in [0.15, 0.2) is 30.3 Å². The van der Waals surface area contributed by atoms with Gasteiger partial charge in [-0.3, -0.25) is 0 Å². The fraction of sp³-hybridized carbons (Fsp3) is 0.438. The second kappa shape index (κ2) is 6.81. The van der Waals surface area contributed by atoms with Gasteiger partial charge in [0.05, 0.1) is 5.75 Å². The Morgan fingerprint density at radius 1 is 1.16 bits per heavy atom. The van der Waals surface area contributed by atoms with Gasteiger partial charge in [-0.1, -0.05) is 41.7 Å². The van der Waals surface area contributed by atoms with Crippen molar-refractivity contribution in [1.82, 2.24) is 24.5 Å². The van der Waals surface area contributed by atoms with Crippen molar-refractivity contribution in [3.05, 3.63) is 46.7 Å². The maximum atomic E-state index is 12.1. The van der Waals surface area contributed by atoms with Crippen molar-refractivity contribution in [1.29, 1.82) is 0 Å². The van der Waals surface area contributed by atoms with Gasteiger partial charge in [-0.2, -0.15) is 9.61 Å². The second-order valence-corrected chi connectivity index (χ2v) is 9.19. The molecule has 1 saturated carbocycles. The Balaban J connectivity index is 1.30. The molecule has 3 aromatic rings. The van der Waals surface area contributed by atoms with Gasteiger partial charge in [0.15, 0.2) is 5.82 Å². The van der Waals surface area contributed by atoms with E-state index in [1.54, 1.807) is 0 Å². The summed E-state index contributed by atoms with van der Waals surface area (Å²) in [7, 11) is -3.29. The molecule has 0 unspecified atom stereocenters. The number of rotatable bonds is 8. The second-order valence-electron chi connectivity index (χ2n) is 6.22. The van der Waals surface area contributed by atoms with E-state index in [4.69, 9.17) is 0 Å². The predicted molar refractivity (Wildman–Crippen MR) is 96.3 cm³/mol. The fourth-order valence-electron chi connectivity index (χ4n) is 2.65. The van der Waals surface area contributed by atoms with Gasteiger partial charge in [-0.15, -0.1) is 10.2 Å². The molecule has 1 N–H and O–H groups in total. The molecule has 1 aromatic carbocycles. The molecular weight excluding hydrogens is 358 g/mol. The molecule has 0 spiro atoms. The van der Waals surface area contributed by atoms with Crippen molar-refractivity contribution in [2.45, 2.75) is 31.6 Å². The molecule has 4 rings (SSSR count). The van der Waals surface area contributed by atoms with Crippen LogP contribution in [0.4, 0.5) is 0 Å².